The van der Waals surface area contributed by atoms with Crippen LogP contribution in [-0.2, 0) is 9.59 Å². The van der Waals surface area contributed by atoms with E-state index in [1.165, 1.54) is 11.9 Å². The van der Waals surface area contributed by atoms with Crippen LogP contribution in [0.25, 0.3) is 0 Å². The van der Waals surface area contributed by atoms with Gasteiger partial charge < -0.3 is 10.4 Å². The van der Waals surface area contributed by atoms with Crippen molar-refractivity contribution in [3.05, 3.63) is 0 Å². The SMILES string of the molecule is CNC(=O)C1CCCN1CC(C(=O)O)C(F)(F)F. The van der Waals surface area contributed by atoms with E-state index < -0.39 is 30.7 Å². The zero-order valence-electron chi connectivity index (χ0n) is 9.83. The number of carboxylic acids is 1. The van der Waals surface area contributed by atoms with Crippen LogP contribution in [-0.4, -0.2) is 54.2 Å². The van der Waals surface area contributed by atoms with Gasteiger partial charge in [-0.15, -0.1) is 0 Å². The summed E-state index contributed by atoms with van der Waals surface area (Å²) in [5.41, 5.74) is 0. The average Bonchev–Trinajstić information content (AvgIpc) is 2.70. The summed E-state index contributed by atoms with van der Waals surface area (Å²) in [4.78, 5) is 23.4. The second-order valence-electron chi connectivity index (χ2n) is 4.20. The molecule has 2 unspecified atom stereocenters. The van der Waals surface area contributed by atoms with Crippen molar-refractivity contribution in [2.75, 3.05) is 20.1 Å². The van der Waals surface area contributed by atoms with Crippen molar-refractivity contribution in [3.8, 4) is 0 Å². The molecule has 0 aliphatic carbocycles. The molecule has 1 aliphatic rings. The normalized spacial score (nSPS) is 22.8. The Kier molecular flexibility index (Phi) is 4.55. The Hall–Kier alpha value is -1.31. The molecule has 0 bridgehead atoms. The number of amides is 1. The van der Waals surface area contributed by atoms with E-state index in [2.05, 4.69) is 5.32 Å². The van der Waals surface area contributed by atoms with Gasteiger partial charge in [0.05, 0.1) is 6.04 Å². The van der Waals surface area contributed by atoms with Gasteiger partial charge in [-0.2, -0.15) is 13.2 Å². The highest BCUT2D eigenvalue weighted by Crippen LogP contribution is 2.29. The van der Waals surface area contributed by atoms with E-state index in [0.717, 1.165) is 0 Å². The third kappa shape index (κ3) is 3.34. The Morgan fingerprint density at radius 2 is 2.11 bits per heavy atom. The van der Waals surface area contributed by atoms with Crippen molar-refractivity contribution < 1.29 is 27.9 Å². The van der Waals surface area contributed by atoms with Gasteiger partial charge in [0, 0.05) is 13.6 Å². The molecule has 8 heteroatoms. The predicted octanol–water partition coefficient (Wildman–Crippen LogP) is 0.460. The van der Waals surface area contributed by atoms with Crippen molar-refractivity contribution in [2.45, 2.75) is 25.1 Å². The molecule has 0 aromatic heterocycles. The van der Waals surface area contributed by atoms with Gasteiger partial charge in [0.1, 0.15) is 0 Å². The van der Waals surface area contributed by atoms with Crippen LogP contribution in [0.2, 0.25) is 0 Å². The fraction of sp³-hybridized carbons (Fsp3) is 0.800. The second-order valence-corrected chi connectivity index (χ2v) is 4.20. The van der Waals surface area contributed by atoms with Gasteiger partial charge in [0.2, 0.25) is 5.91 Å². The van der Waals surface area contributed by atoms with Gasteiger partial charge in [0.15, 0.2) is 5.92 Å². The van der Waals surface area contributed by atoms with Gasteiger partial charge in [-0.1, -0.05) is 0 Å². The molecule has 0 saturated carbocycles. The first-order valence-electron chi connectivity index (χ1n) is 5.52. The summed E-state index contributed by atoms with van der Waals surface area (Å²) < 4.78 is 37.6. The van der Waals surface area contributed by atoms with E-state index >= 15 is 0 Å². The lowest BCUT2D eigenvalue weighted by molar-refractivity contribution is -0.197. The third-order valence-corrected chi connectivity index (χ3v) is 3.02. The lowest BCUT2D eigenvalue weighted by Gasteiger charge is -2.27. The number of rotatable bonds is 4. The van der Waals surface area contributed by atoms with E-state index in [1.54, 1.807) is 0 Å². The van der Waals surface area contributed by atoms with Crippen LogP contribution < -0.4 is 5.32 Å². The molecule has 0 aromatic carbocycles. The van der Waals surface area contributed by atoms with E-state index in [9.17, 15) is 22.8 Å². The van der Waals surface area contributed by atoms with Crippen molar-refractivity contribution in [1.29, 1.82) is 0 Å². The fourth-order valence-electron chi connectivity index (χ4n) is 2.06. The van der Waals surface area contributed by atoms with Crippen LogP contribution in [0.4, 0.5) is 13.2 Å². The molecule has 5 nitrogen and oxygen atoms in total. The van der Waals surface area contributed by atoms with Crippen LogP contribution in [0.3, 0.4) is 0 Å². The number of halogens is 3. The Balaban J connectivity index is 2.75. The van der Waals surface area contributed by atoms with Crippen LogP contribution in [0.15, 0.2) is 0 Å². The topological polar surface area (TPSA) is 69.6 Å². The number of carboxylic acid groups (broad SMARTS) is 1. The summed E-state index contributed by atoms with van der Waals surface area (Å²) in [6.07, 6.45) is -3.77. The summed E-state index contributed by atoms with van der Waals surface area (Å²) in [6.45, 7) is -0.380. The van der Waals surface area contributed by atoms with Crippen molar-refractivity contribution in [1.82, 2.24) is 10.2 Å². The summed E-state index contributed by atoms with van der Waals surface area (Å²) in [7, 11) is 1.40. The van der Waals surface area contributed by atoms with Crippen molar-refractivity contribution in [2.24, 2.45) is 5.92 Å². The van der Waals surface area contributed by atoms with Crippen LogP contribution in [0.5, 0.6) is 0 Å². The van der Waals surface area contributed by atoms with Gasteiger partial charge in [-0.25, -0.2) is 0 Å². The zero-order chi connectivity index (χ0) is 13.9. The van der Waals surface area contributed by atoms with E-state index in [-0.39, 0.29) is 5.91 Å². The van der Waals surface area contributed by atoms with Gasteiger partial charge in [0.25, 0.3) is 0 Å². The molecule has 2 atom stereocenters. The molecule has 1 amide bonds. The minimum Gasteiger partial charge on any atom is -0.481 e. The third-order valence-electron chi connectivity index (χ3n) is 3.02. The number of alkyl halides is 3. The van der Waals surface area contributed by atoms with E-state index in [4.69, 9.17) is 5.11 Å². The maximum absolute atomic E-state index is 12.5. The molecule has 0 radical (unpaired) electrons. The number of hydrogen-bond donors (Lipinski definition) is 2. The first kappa shape index (κ1) is 14.7. The van der Waals surface area contributed by atoms with Crippen LogP contribution in [0.1, 0.15) is 12.8 Å². The highest BCUT2D eigenvalue weighted by molar-refractivity contribution is 5.81. The van der Waals surface area contributed by atoms with E-state index in [0.29, 0.717) is 19.4 Å². The minimum atomic E-state index is -4.80. The van der Waals surface area contributed by atoms with Gasteiger partial charge >= 0.3 is 12.1 Å². The molecule has 1 aliphatic heterocycles. The molecular weight excluding hydrogens is 253 g/mol. The largest absolute Gasteiger partial charge is 0.481 e. The number of nitrogens with one attached hydrogen (secondary N) is 1. The molecule has 1 saturated heterocycles. The Labute approximate surface area is 102 Å². The molecule has 0 aromatic rings. The fourth-order valence-corrected chi connectivity index (χ4v) is 2.06. The first-order valence-corrected chi connectivity index (χ1v) is 5.52. The lowest BCUT2D eigenvalue weighted by atomic mass is 10.1. The highest BCUT2D eigenvalue weighted by atomic mass is 19.4. The average molecular weight is 268 g/mol. The number of nitrogens with zero attached hydrogens (tertiary/aromatic N) is 1. The number of carbonyl (C=O) groups excluding carboxylic acids is 1. The lowest BCUT2D eigenvalue weighted by Crippen LogP contribution is -2.47. The Morgan fingerprint density at radius 1 is 1.50 bits per heavy atom. The van der Waals surface area contributed by atoms with Gasteiger partial charge in [-0.3, -0.25) is 14.5 Å². The Bertz CT molecular complexity index is 333. The summed E-state index contributed by atoms with van der Waals surface area (Å²) >= 11 is 0. The molecular formula is C10H15F3N2O3. The Morgan fingerprint density at radius 3 is 2.56 bits per heavy atom. The van der Waals surface area contributed by atoms with Gasteiger partial charge in [-0.05, 0) is 19.4 Å². The number of likely N-dealkylation sites (N-methyl/N-ethyl adjacent to an activating group) is 1. The molecule has 1 fully saturated rings. The monoisotopic (exact) mass is 268 g/mol. The van der Waals surface area contributed by atoms with E-state index in [1.807, 2.05) is 0 Å². The van der Waals surface area contributed by atoms with Crippen molar-refractivity contribution in [3.63, 3.8) is 0 Å². The smallest absolute Gasteiger partial charge is 0.403 e. The molecule has 18 heavy (non-hydrogen) atoms. The quantitative estimate of drug-likeness (QED) is 0.777. The highest BCUT2D eigenvalue weighted by Gasteiger charge is 2.47. The molecule has 2 N–H and O–H groups in total. The summed E-state index contributed by atoms with van der Waals surface area (Å²) in [5, 5.41) is 11.0. The van der Waals surface area contributed by atoms with Crippen LogP contribution in [0, 0.1) is 5.92 Å². The maximum atomic E-state index is 12.5. The first-order chi connectivity index (χ1) is 8.27. The molecule has 1 heterocycles. The predicted molar refractivity (Wildman–Crippen MR) is 55.8 cm³/mol. The minimum absolute atomic E-state index is 0.304. The number of hydrogen-bond acceptors (Lipinski definition) is 3. The van der Waals surface area contributed by atoms with Crippen molar-refractivity contribution >= 4 is 11.9 Å². The number of likely N-dealkylation sites (tertiary alicyclic amines) is 1. The summed E-state index contributed by atoms with van der Waals surface area (Å²) in [5.74, 6) is -4.74. The number of aliphatic carboxylic acids is 1. The molecule has 104 valence electrons. The molecule has 0 spiro atoms. The maximum Gasteiger partial charge on any atom is 0.403 e. The summed E-state index contributed by atoms with van der Waals surface area (Å²) in [6, 6.07) is -0.667. The van der Waals surface area contributed by atoms with Crippen LogP contribution >= 0.6 is 0 Å². The molecule has 1 rings (SSSR count). The zero-order valence-corrected chi connectivity index (χ0v) is 9.83. The second kappa shape index (κ2) is 5.55. The number of carbonyl (C=O) groups is 2. The standard InChI is InChI=1S/C10H15F3N2O3/c1-14-8(16)7-3-2-4-15(7)5-6(9(17)18)10(11,12)13/h6-7H,2-5H2,1H3,(H,14,16)(H,17,18).